The van der Waals surface area contributed by atoms with E-state index in [2.05, 4.69) is 57.7 Å². The molecular formula is C27H30N4O. The number of carbonyl (C=O) groups is 1. The number of nitrogens with zero attached hydrogens (tertiary/aromatic N) is 4. The summed E-state index contributed by atoms with van der Waals surface area (Å²) in [6.07, 6.45) is 11.6. The number of hydrogen-bond acceptors (Lipinski definition) is 2. The zero-order chi connectivity index (χ0) is 21.4. The standard InChI is InChI=1S/C27H30N4O/c1-18-5-4-6-22(9-18)31-25(29-7-2-3-8-29)23-16-30(17-24(23)28-31)26(32)27-13-19-10-20(14-27)12-21(11-19)15-27/h2-9,19-21H,10-17H2,1H3. The molecule has 4 bridgehead atoms. The summed E-state index contributed by atoms with van der Waals surface area (Å²) in [5, 5.41) is 5.04. The van der Waals surface area contributed by atoms with Crippen LogP contribution in [0.5, 0.6) is 0 Å². The first-order valence-corrected chi connectivity index (χ1v) is 12.2. The Morgan fingerprint density at radius 2 is 1.66 bits per heavy atom. The molecule has 5 heteroatoms. The Hall–Kier alpha value is -2.82. The van der Waals surface area contributed by atoms with Crippen LogP contribution in [0.1, 0.15) is 55.3 Å². The average molecular weight is 427 g/mol. The summed E-state index contributed by atoms with van der Waals surface area (Å²) in [6.45, 7) is 3.43. The fourth-order valence-electron chi connectivity index (χ4n) is 7.73. The molecule has 0 radical (unpaired) electrons. The molecule has 4 saturated carbocycles. The van der Waals surface area contributed by atoms with Crippen molar-refractivity contribution < 1.29 is 4.79 Å². The van der Waals surface area contributed by atoms with Crippen LogP contribution in [0.25, 0.3) is 11.5 Å². The predicted octanol–water partition coefficient (Wildman–Crippen LogP) is 5.03. The third-order valence-electron chi connectivity index (χ3n) is 8.60. The first kappa shape index (κ1) is 18.7. The fraction of sp³-hybridized carbons (Fsp3) is 0.481. The van der Waals surface area contributed by atoms with Crippen LogP contribution in [0, 0.1) is 30.1 Å². The molecule has 0 spiro atoms. The van der Waals surface area contributed by atoms with E-state index in [1.54, 1.807) is 0 Å². The molecule has 5 aliphatic rings. The van der Waals surface area contributed by atoms with Crippen LogP contribution in [0.15, 0.2) is 48.8 Å². The Morgan fingerprint density at radius 1 is 0.969 bits per heavy atom. The van der Waals surface area contributed by atoms with Gasteiger partial charge in [0.25, 0.3) is 0 Å². The minimum Gasteiger partial charge on any atom is -0.332 e. The highest BCUT2D eigenvalue weighted by Crippen LogP contribution is 2.60. The van der Waals surface area contributed by atoms with Gasteiger partial charge in [-0.1, -0.05) is 12.1 Å². The number of hydrogen-bond donors (Lipinski definition) is 0. The largest absolute Gasteiger partial charge is 0.332 e. The van der Waals surface area contributed by atoms with Gasteiger partial charge in [0.15, 0.2) is 0 Å². The normalized spacial score (nSPS) is 30.2. The maximum absolute atomic E-state index is 13.9. The van der Waals surface area contributed by atoms with Crippen molar-refractivity contribution in [2.75, 3.05) is 0 Å². The van der Waals surface area contributed by atoms with E-state index < -0.39 is 0 Å². The lowest BCUT2D eigenvalue weighted by molar-refractivity contribution is -0.158. The maximum atomic E-state index is 13.9. The first-order valence-electron chi connectivity index (χ1n) is 12.2. The Morgan fingerprint density at radius 3 is 2.31 bits per heavy atom. The van der Waals surface area contributed by atoms with Gasteiger partial charge in [0, 0.05) is 18.0 Å². The van der Waals surface area contributed by atoms with Crippen molar-refractivity contribution in [3.63, 3.8) is 0 Å². The molecule has 32 heavy (non-hydrogen) atoms. The van der Waals surface area contributed by atoms with Crippen LogP contribution in [0.2, 0.25) is 0 Å². The van der Waals surface area contributed by atoms with Crippen LogP contribution >= 0.6 is 0 Å². The molecule has 3 aromatic rings. The van der Waals surface area contributed by atoms with E-state index in [0.29, 0.717) is 19.0 Å². The molecule has 3 heterocycles. The summed E-state index contributed by atoms with van der Waals surface area (Å²) < 4.78 is 4.21. The van der Waals surface area contributed by atoms with Crippen molar-refractivity contribution in [2.24, 2.45) is 23.2 Å². The van der Waals surface area contributed by atoms with Gasteiger partial charge in [0.1, 0.15) is 5.82 Å². The number of carbonyl (C=O) groups excluding carboxylic acids is 1. The molecule has 5 nitrogen and oxygen atoms in total. The van der Waals surface area contributed by atoms with E-state index in [-0.39, 0.29) is 5.41 Å². The second-order valence-electron chi connectivity index (χ2n) is 10.9. The molecule has 0 N–H and O–H groups in total. The molecule has 1 aliphatic heterocycles. The summed E-state index contributed by atoms with van der Waals surface area (Å²) in [4.78, 5) is 16.1. The Kier molecular flexibility index (Phi) is 3.86. The molecule has 0 unspecified atom stereocenters. The number of amides is 1. The summed E-state index contributed by atoms with van der Waals surface area (Å²) in [7, 11) is 0. The van der Waals surface area contributed by atoms with Crippen LogP contribution < -0.4 is 0 Å². The van der Waals surface area contributed by atoms with Gasteiger partial charge in [-0.05, 0) is 93.0 Å². The van der Waals surface area contributed by atoms with Crippen molar-refractivity contribution in [1.29, 1.82) is 0 Å². The number of aromatic nitrogens is 3. The van der Waals surface area contributed by atoms with Crippen molar-refractivity contribution in [1.82, 2.24) is 19.2 Å². The average Bonchev–Trinajstić information content (AvgIpc) is 3.48. The quantitative estimate of drug-likeness (QED) is 0.590. The fourth-order valence-corrected chi connectivity index (χ4v) is 7.73. The molecule has 1 amide bonds. The summed E-state index contributed by atoms with van der Waals surface area (Å²) in [6, 6.07) is 12.6. The third kappa shape index (κ3) is 2.69. The summed E-state index contributed by atoms with van der Waals surface area (Å²) in [5.41, 5.74) is 4.45. The van der Waals surface area contributed by atoms with Crippen LogP contribution in [-0.4, -0.2) is 25.2 Å². The molecule has 8 rings (SSSR count). The molecule has 1 aromatic carbocycles. The minimum atomic E-state index is -0.0850. The number of aryl methyl sites for hydroxylation is 1. The zero-order valence-corrected chi connectivity index (χ0v) is 18.7. The lowest BCUT2D eigenvalue weighted by Gasteiger charge is -2.56. The molecule has 0 atom stereocenters. The zero-order valence-electron chi connectivity index (χ0n) is 18.7. The van der Waals surface area contributed by atoms with Gasteiger partial charge in [-0.15, -0.1) is 0 Å². The Labute approximate surface area is 189 Å². The Balaban J connectivity index is 1.25. The van der Waals surface area contributed by atoms with Gasteiger partial charge in [-0.2, -0.15) is 5.10 Å². The number of benzene rings is 1. The number of rotatable bonds is 3. The predicted molar refractivity (Wildman–Crippen MR) is 122 cm³/mol. The third-order valence-corrected chi connectivity index (χ3v) is 8.60. The molecule has 164 valence electrons. The number of fused-ring (bicyclic) bond motifs is 1. The molecule has 4 fully saturated rings. The first-order chi connectivity index (χ1) is 15.6. The lowest BCUT2D eigenvalue weighted by Crippen LogP contribution is -2.53. The monoisotopic (exact) mass is 426 g/mol. The second kappa shape index (κ2) is 6.60. The van der Waals surface area contributed by atoms with Crippen molar-refractivity contribution >= 4 is 5.91 Å². The van der Waals surface area contributed by atoms with Crippen molar-refractivity contribution in [3.05, 3.63) is 65.6 Å². The van der Waals surface area contributed by atoms with Gasteiger partial charge in [-0.3, -0.25) is 4.79 Å². The van der Waals surface area contributed by atoms with E-state index in [1.165, 1.54) is 30.4 Å². The van der Waals surface area contributed by atoms with Gasteiger partial charge >= 0.3 is 0 Å². The highest BCUT2D eigenvalue weighted by Gasteiger charge is 2.56. The maximum Gasteiger partial charge on any atom is 0.229 e. The lowest BCUT2D eigenvalue weighted by atomic mass is 9.49. The van der Waals surface area contributed by atoms with E-state index in [9.17, 15) is 4.79 Å². The van der Waals surface area contributed by atoms with Crippen LogP contribution in [0.3, 0.4) is 0 Å². The highest BCUT2D eigenvalue weighted by atomic mass is 16.2. The van der Waals surface area contributed by atoms with Gasteiger partial charge in [0.2, 0.25) is 5.91 Å². The molecular weight excluding hydrogens is 396 g/mol. The summed E-state index contributed by atoms with van der Waals surface area (Å²) in [5.74, 6) is 3.84. The van der Waals surface area contributed by atoms with E-state index in [1.807, 2.05) is 12.1 Å². The van der Waals surface area contributed by atoms with E-state index in [4.69, 9.17) is 5.10 Å². The van der Waals surface area contributed by atoms with Gasteiger partial charge in [0.05, 0.1) is 29.9 Å². The van der Waals surface area contributed by atoms with Crippen molar-refractivity contribution in [3.8, 4) is 11.5 Å². The minimum absolute atomic E-state index is 0.0850. The SMILES string of the molecule is Cc1cccc(-n2nc3c(c2-n2cccc2)CN(C(=O)C24CC5CC(CC(C5)C2)C4)C3)c1. The molecule has 2 aromatic heterocycles. The Bertz CT molecular complexity index is 1170. The topological polar surface area (TPSA) is 43.1 Å². The van der Waals surface area contributed by atoms with E-state index in [0.717, 1.165) is 54.2 Å². The molecule has 0 saturated heterocycles. The second-order valence-corrected chi connectivity index (χ2v) is 10.9. The van der Waals surface area contributed by atoms with Gasteiger partial charge < -0.3 is 9.47 Å². The van der Waals surface area contributed by atoms with Crippen LogP contribution in [-0.2, 0) is 17.9 Å². The van der Waals surface area contributed by atoms with Crippen molar-refractivity contribution in [2.45, 2.75) is 58.5 Å². The smallest absolute Gasteiger partial charge is 0.229 e. The highest BCUT2D eigenvalue weighted by molar-refractivity contribution is 5.84. The summed E-state index contributed by atoms with van der Waals surface area (Å²) >= 11 is 0. The molecule has 4 aliphatic carbocycles. The van der Waals surface area contributed by atoms with Crippen LogP contribution in [0.4, 0.5) is 0 Å². The van der Waals surface area contributed by atoms with Gasteiger partial charge in [-0.25, -0.2) is 4.68 Å². The van der Waals surface area contributed by atoms with E-state index >= 15 is 0 Å².